The number of hydrogen-bond donors (Lipinski definition) is 2. The van der Waals surface area contributed by atoms with E-state index in [0.717, 1.165) is 56.6 Å². The van der Waals surface area contributed by atoms with E-state index in [1.165, 1.54) is 0 Å². The number of ether oxygens (including phenoxy) is 1. The van der Waals surface area contributed by atoms with E-state index < -0.39 is 0 Å². The van der Waals surface area contributed by atoms with E-state index in [9.17, 15) is 4.79 Å². The third-order valence-electron chi connectivity index (χ3n) is 6.42. The van der Waals surface area contributed by atoms with E-state index in [-0.39, 0.29) is 18.6 Å². The van der Waals surface area contributed by atoms with Gasteiger partial charge in [0.25, 0.3) is 11.9 Å². The minimum absolute atomic E-state index is 0.0834. The highest BCUT2D eigenvalue weighted by atomic mass is 16.5. The van der Waals surface area contributed by atoms with Crippen LogP contribution in [0.5, 0.6) is 5.75 Å². The van der Waals surface area contributed by atoms with E-state index in [2.05, 4.69) is 32.2 Å². The van der Waals surface area contributed by atoms with Crippen molar-refractivity contribution in [3.63, 3.8) is 0 Å². The molecule has 1 saturated heterocycles. The molecule has 1 aromatic heterocycles. The van der Waals surface area contributed by atoms with Crippen molar-refractivity contribution in [3.05, 3.63) is 35.2 Å². The van der Waals surface area contributed by atoms with Crippen molar-refractivity contribution in [1.82, 2.24) is 20.4 Å². The SMILES string of the molecule is CCN(C)Cc1nc(N2CCC(CCCOc3ccc(C(=O)NC(C)CO)c(C)c3)CC2)no1. The third kappa shape index (κ3) is 7.43. The molecule has 0 spiro atoms. The quantitative estimate of drug-likeness (QED) is 0.454. The molecule has 2 heterocycles. The molecule has 9 nitrogen and oxygen atoms in total. The summed E-state index contributed by atoms with van der Waals surface area (Å²) in [5.74, 6) is 2.66. The Labute approximate surface area is 202 Å². The molecule has 1 unspecified atom stereocenters. The normalized spacial score (nSPS) is 15.5. The van der Waals surface area contributed by atoms with E-state index in [1.54, 1.807) is 13.0 Å². The van der Waals surface area contributed by atoms with Crippen LogP contribution >= 0.6 is 0 Å². The van der Waals surface area contributed by atoms with E-state index >= 15 is 0 Å². The molecule has 34 heavy (non-hydrogen) atoms. The average molecular weight is 474 g/mol. The second kappa shape index (κ2) is 12.7. The molecule has 1 aliphatic heterocycles. The predicted octanol–water partition coefficient (Wildman–Crippen LogP) is 3.02. The zero-order valence-electron chi connectivity index (χ0n) is 20.9. The minimum Gasteiger partial charge on any atom is -0.494 e. The van der Waals surface area contributed by atoms with Gasteiger partial charge in [-0.2, -0.15) is 4.98 Å². The number of aryl methyl sites for hydroxylation is 1. The fourth-order valence-electron chi connectivity index (χ4n) is 4.09. The molecule has 3 rings (SSSR count). The number of aliphatic hydroxyl groups is 1. The van der Waals surface area contributed by atoms with Gasteiger partial charge in [0.15, 0.2) is 0 Å². The number of anilines is 1. The Morgan fingerprint density at radius 3 is 2.82 bits per heavy atom. The van der Waals surface area contributed by atoms with Crippen molar-refractivity contribution in [1.29, 1.82) is 0 Å². The maximum atomic E-state index is 12.3. The van der Waals surface area contributed by atoms with Gasteiger partial charge >= 0.3 is 0 Å². The molecule has 1 fully saturated rings. The summed E-state index contributed by atoms with van der Waals surface area (Å²) in [6, 6.07) is 5.24. The maximum Gasteiger partial charge on any atom is 0.266 e. The summed E-state index contributed by atoms with van der Waals surface area (Å²) in [6.45, 7) is 9.87. The number of carbonyl (C=O) groups excluding carboxylic acids is 1. The van der Waals surface area contributed by atoms with Crippen molar-refractivity contribution in [2.45, 2.75) is 59.0 Å². The highest BCUT2D eigenvalue weighted by Crippen LogP contribution is 2.25. The average Bonchev–Trinajstić information content (AvgIpc) is 3.30. The van der Waals surface area contributed by atoms with Crippen LogP contribution in [0.1, 0.15) is 61.3 Å². The lowest BCUT2D eigenvalue weighted by atomic mass is 9.92. The topological polar surface area (TPSA) is 104 Å². The molecule has 1 atom stereocenters. The third-order valence-corrected chi connectivity index (χ3v) is 6.42. The summed E-state index contributed by atoms with van der Waals surface area (Å²) in [5, 5.41) is 16.0. The molecule has 9 heteroatoms. The Kier molecular flexibility index (Phi) is 9.71. The van der Waals surface area contributed by atoms with Gasteiger partial charge < -0.3 is 24.6 Å². The molecule has 0 bridgehead atoms. The van der Waals surface area contributed by atoms with Crippen LogP contribution in [0.4, 0.5) is 5.95 Å². The summed E-state index contributed by atoms with van der Waals surface area (Å²) in [7, 11) is 2.04. The highest BCUT2D eigenvalue weighted by molar-refractivity contribution is 5.95. The van der Waals surface area contributed by atoms with Crippen molar-refractivity contribution >= 4 is 11.9 Å². The van der Waals surface area contributed by atoms with Crippen LogP contribution in [0, 0.1) is 12.8 Å². The monoisotopic (exact) mass is 473 g/mol. The first-order chi connectivity index (χ1) is 16.4. The molecular weight excluding hydrogens is 434 g/mol. The van der Waals surface area contributed by atoms with Crippen LogP contribution in [0.3, 0.4) is 0 Å². The van der Waals surface area contributed by atoms with Gasteiger partial charge in [-0.25, -0.2) is 0 Å². The Hall–Kier alpha value is -2.65. The zero-order chi connectivity index (χ0) is 24.5. The first kappa shape index (κ1) is 26.0. The fraction of sp³-hybridized carbons (Fsp3) is 0.640. The van der Waals surface area contributed by atoms with Gasteiger partial charge in [0.05, 0.1) is 19.8 Å². The number of hydrogen-bond acceptors (Lipinski definition) is 8. The number of amides is 1. The standard InChI is InChI=1S/C25H39N5O4/c1-5-29(4)16-23-27-25(28-34-23)30-12-10-20(11-13-30)7-6-14-33-21-8-9-22(18(2)15-21)24(32)26-19(3)17-31/h8-9,15,19-20,31H,5-7,10-14,16-17H2,1-4H3,(H,26,32). The molecule has 2 aromatic rings. The maximum absolute atomic E-state index is 12.3. The van der Waals surface area contributed by atoms with Crippen LogP contribution in [-0.4, -0.2) is 72.0 Å². The van der Waals surface area contributed by atoms with Crippen molar-refractivity contribution in [2.75, 3.05) is 44.8 Å². The Bertz CT molecular complexity index is 910. The number of aromatic nitrogens is 2. The summed E-state index contributed by atoms with van der Waals surface area (Å²) >= 11 is 0. The Balaban J connectivity index is 1.36. The molecular formula is C25H39N5O4. The summed E-state index contributed by atoms with van der Waals surface area (Å²) < 4.78 is 11.3. The molecule has 2 N–H and O–H groups in total. The summed E-state index contributed by atoms with van der Waals surface area (Å²) in [5.41, 5.74) is 1.46. The molecule has 0 radical (unpaired) electrons. The van der Waals surface area contributed by atoms with Crippen molar-refractivity contribution < 1.29 is 19.2 Å². The number of nitrogens with zero attached hydrogens (tertiary/aromatic N) is 4. The summed E-state index contributed by atoms with van der Waals surface area (Å²) in [6.07, 6.45) is 4.36. The number of benzene rings is 1. The first-order valence-corrected chi connectivity index (χ1v) is 12.3. The van der Waals surface area contributed by atoms with Crippen LogP contribution in [-0.2, 0) is 6.54 Å². The molecule has 0 aliphatic carbocycles. The second-order valence-electron chi connectivity index (χ2n) is 9.27. The van der Waals surface area contributed by atoms with Gasteiger partial charge in [-0.15, -0.1) is 0 Å². The number of rotatable bonds is 12. The molecule has 1 amide bonds. The van der Waals surface area contributed by atoms with Gasteiger partial charge in [-0.3, -0.25) is 9.69 Å². The molecule has 0 saturated carbocycles. The first-order valence-electron chi connectivity index (χ1n) is 12.3. The smallest absolute Gasteiger partial charge is 0.266 e. The highest BCUT2D eigenvalue weighted by Gasteiger charge is 2.22. The van der Waals surface area contributed by atoms with Crippen LogP contribution < -0.4 is 15.0 Å². The number of aliphatic hydroxyl groups excluding tert-OH is 1. The fourth-order valence-corrected chi connectivity index (χ4v) is 4.09. The van der Waals surface area contributed by atoms with Crippen LogP contribution in [0.2, 0.25) is 0 Å². The van der Waals surface area contributed by atoms with Gasteiger partial charge in [-0.05, 0) is 88.0 Å². The minimum atomic E-state index is -0.271. The lowest BCUT2D eigenvalue weighted by Gasteiger charge is -2.30. The van der Waals surface area contributed by atoms with E-state index in [4.69, 9.17) is 14.4 Å². The van der Waals surface area contributed by atoms with Gasteiger partial charge in [0.2, 0.25) is 5.89 Å². The second-order valence-corrected chi connectivity index (χ2v) is 9.27. The lowest BCUT2D eigenvalue weighted by Crippen LogP contribution is -2.35. The van der Waals surface area contributed by atoms with Gasteiger partial charge in [0, 0.05) is 24.7 Å². The number of nitrogens with one attached hydrogen (secondary N) is 1. The van der Waals surface area contributed by atoms with E-state index in [1.807, 2.05) is 26.1 Å². The zero-order valence-corrected chi connectivity index (χ0v) is 20.9. The Morgan fingerprint density at radius 1 is 1.38 bits per heavy atom. The molecule has 188 valence electrons. The van der Waals surface area contributed by atoms with Gasteiger partial charge in [-0.1, -0.05) is 6.92 Å². The Morgan fingerprint density at radius 2 is 2.15 bits per heavy atom. The molecule has 1 aromatic carbocycles. The number of carbonyl (C=O) groups is 1. The summed E-state index contributed by atoms with van der Waals surface area (Å²) in [4.78, 5) is 21.2. The lowest BCUT2D eigenvalue weighted by molar-refractivity contribution is 0.0921. The van der Waals surface area contributed by atoms with Crippen molar-refractivity contribution in [3.8, 4) is 5.75 Å². The van der Waals surface area contributed by atoms with Gasteiger partial charge in [0.1, 0.15) is 5.75 Å². The van der Waals surface area contributed by atoms with Crippen molar-refractivity contribution in [2.24, 2.45) is 5.92 Å². The number of piperidine rings is 1. The van der Waals surface area contributed by atoms with E-state index in [0.29, 0.717) is 36.5 Å². The largest absolute Gasteiger partial charge is 0.494 e. The van der Waals surface area contributed by atoms with Crippen LogP contribution in [0.15, 0.2) is 22.7 Å². The predicted molar refractivity (Wildman–Crippen MR) is 131 cm³/mol. The van der Waals surface area contributed by atoms with Crippen LogP contribution in [0.25, 0.3) is 0 Å². The molecule has 1 aliphatic rings.